The van der Waals surface area contributed by atoms with E-state index < -0.39 is 40.1 Å². The van der Waals surface area contributed by atoms with Gasteiger partial charge in [-0.2, -0.15) is 0 Å². The van der Waals surface area contributed by atoms with Gasteiger partial charge in [-0.3, -0.25) is 0 Å². The molecule has 0 aliphatic heterocycles. The number of rotatable bonds is 4. The van der Waals surface area contributed by atoms with Crippen molar-refractivity contribution >= 4 is 0 Å². The van der Waals surface area contributed by atoms with Gasteiger partial charge in [0.15, 0.2) is 23.3 Å². The summed E-state index contributed by atoms with van der Waals surface area (Å²) in [7, 11) is 0. The molecule has 0 spiro atoms. The lowest BCUT2D eigenvalue weighted by atomic mass is 9.87. The highest BCUT2D eigenvalue weighted by Crippen LogP contribution is 2.59. The fourth-order valence-electron chi connectivity index (χ4n) is 2.84. The van der Waals surface area contributed by atoms with Crippen LogP contribution >= 0.6 is 0 Å². The smallest absolute Gasteiger partial charge is 0.200 e. The Kier molecular flexibility index (Phi) is 3.58. The SMILES string of the molecule is CCCCC1(c2c(F)c(F)c(F)c(F)c2F)CC1C. The Morgan fingerprint density at radius 1 is 0.947 bits per heavy atom. The highest BCUT2D eigenvalue weighted by molar-refractivity contribution is 5.37. The zero-order valence-electron chi connectivity index (χ0n) is 10.8. The Morgan fingerprint density at radius 2 is 1.37 bits per heavy atom. The van der Waals surface area contributed by atoms with Crippen molar-refractivity contribution in [3.8, 4) is 0 Å². The van der Waals surface area contributed by atoms with Crippen molar-refractivity contribution in [1.29, 1.82) is 0 Å². The average Bonchev–Trinajstić information content (AvgIpc) is 3.03. The maximum absolute atomic E-state index is 13.8. The van der Waals surface area contributed by atoms with Crippen molar-refractivity contribution in [3.05, 3.63) is 34.6 Å². The van der Waals surface area contributed by atoms with Gasteiger partial charge in [-0.05, 0) is 18.8 Å². The van der Waals surface area contributed by atoms with Crippen molar-refractivity contribution in [2.24, 2.45) is 5.92 Å². The van der Waals surface area contributed by atoms with Gasteiger partial charge in [0, 0.05) is 11.0 Å². The maximum Gasteiger partial charge on any atom is 0.200 e. The van der Waals surface area contributed by atoms with E-state index in [2.05, 4.69) is 0 Å². The van der Waals surface area contributed by atoms with Crippen LogP contribution in [0.25, 0.3) is 0 Å². The lowest BCUT2D eigenvalue weighted by molar-refractivity contribution is 0.354. The van der Waals surface area contributed by atoms with Gasteiger partial charge in [0.2, 0.25) is 5.82 Å². The van der Waals surface area contributed by atoms with E-state index in [9.17, 15) is 22.0 Å². The lowest BCUT2D eigenvalue weighted by Crippen LogP contribution is -2.18. The number of benzene rings is 1. The fourth-order valence-corrected chi connectivity index (χ4v) is 2.84. The molecule has 1 aliphatic rings. The van der Waals surface area contributed by atoms with Gasteiger partial charge >= 0.3 is 0 Å². The second-order valence-electron chi connectivity index (χ2n) is 5.31. The first-order valence-electron chi connectivity index (χ1n) is 6.38. The van der Waals surface area contributed by atoms with E-state index in [1.54, 1.807) is 6.92 Å². The summed E-state index contributed by atoms with van der Waals surface area (Å²) in [5.41, 5.74) is -1.51. The highest BCUT2D eigenvalue weighted by atomic mass is 19.2. The minimum Gasteiger partial charge on any atom is -0.203 e. The molecule has 0 saturated heterocycles. The Labute approximate surface area is 108 Å². The predicted octanol–water partition coefficient (Wildman–Crippen LogP) is 4.85. The highest BCUT2D eigenvalue weighted by Gasteiger charge is 2.55. The normalized spacial score (nSPS) is 25.7. The monoisotopic (exact) mass is 278 g/mol. The van der Waals surface area contributed by atoms with Crippen molar-refractivity contribution in [3.63, 3.8) is 0 Å². The topological polar surface area (TPSA) is 0 Å². The van der Waals surface area contributed by atoms with Crippen molar-refractivity contribution < 1.29 is 22.0 Å². The summed E-state index contributed by atoms with van der Waals surface area (Å²) in [5.74, 6) is -9.17. The summed E-state index contributed by atoms with van der Waals surface area (Å²) in [6, 6.07) is 0. The van der Waals surface area contributed by atoms with E-state index in [0.29, 0.717) is 19.3 Å². The van der Waals surface area contributed by atoms with Gasteiger partial charge < -0.3 is 0 Å². The van der Waals surface area contributed by atoms with Crippen LogP contribution in [-0.2, 0) is 5.41 Å². The number of unbranched alkanes of at least 4 members (excludes halogenated alkanes) is 1. The second kappa shape index (κ2) is 4.76. The molecule has 0 radical (unpaired) electrons. The number of hydrogen-bond donors (Lipinski definition) is 0. The maximum atomic E-state index is 13.8. The molecule has 0 amide bonds. The van der Waals surface area contributed by atoms with Crippen LogP contribution in [0, 0.1) is 35.0 Å². The summed E-state index contributed by atoms with van der Waals surface area (Å²) in [4.78, 5) is 0. The van der Waals surface area contributed by atoms with Crippen molar-refractivity contribution in [2.75, 3.05) is 0 Å². The molecule has 19 heavy (non-hydrogen) atoms. The molecule has 0 aromatic heterocycles. The van der Waals surface area contributed by atoms with E-state index in [0.717, 1.165) is 6.42 Å². The fraction of sp³-hybridized carbons (Fsp3) is 0.571. The zero-order valence-corrected chi connectivity index (χ0v) is 10.8. The molecule has 1 fully saturated rings. The van der Waals surface area contributed by atoms with Gasteiger partial charge in [0.05, 0.1) is 0 Å². The molecule has 1 saturated carbocycles. The molecule has 1 aliphatic carbocycles. The molecular weight excluding hydrogens is 263 g/mol. The van der Waals surface area contributed by atoms with Crippen LogP contribution in [0.1, 0.15) is 45.1 Å². The predicted molar refractivity (Wildman–Crippen MR) is 61.2 cm³/mol. The average molecular weight is 278 g/mol. The third kappa shape index (κ3) is 2.03. The summed E-state index contributed by atoms with van der Waals surface area (Å²) in [6.45, 7) is 3.69. The van der Waals surface area contributed by atoms with E-state index in [-0.39, 0.29) is 5.92 Å². The van der Waals surface area contributed by atoms with Crippen molar-refractivity contribution in [2.45, 2.75) is 44.9 Å². The van der Waals surface area contributed by atoms with Crippen LogP contribution in [0.4, 0.5) is 22.0 Å². The molecule has 1 aromatic rings. The summed E-state index contributed by atoms with van der Waals surface area (Å²) < 4.78 is 67.2. The molecule has 2 rings (SSSR count). The van der Waals surface area contributed by atoms with Gasteiger partial charge in [0.1, 0.15) is 0 Å². The summed E-state index contributed by atoms with van der Waals surface area (Å²) in [5, 5.41) is 0. The van der Waals surface area contributed by atoms with E-state index in [4.69, 9.17) is 0 Å². The van der Waals surface area contributed by atoms with Crippen molar-refractivity contribution in [1.82, 2.24) is 0 Å². The Bertz CT molecular complexity index is 482. The van der Waals surface area contributed by atoms with E-state index in [1.807, 2.05) is 6.92 Å². The Hall–Kier alpha value is -1.13. The molecule has 1 aromatic carbocycles. The molecule has 106 valence electrons. The van der Waals surface area contributed by atoms with E-state index in [1.165, 1.54) is 0 Å². The number of hydrogen-bond acceptors (Lipinski definition) is 0. The van der Waals surface area contributed by atoms with Crippen LogP contribution in [0.2, 0.25) is 0 Å². The lowest BCUT2D eigenvalue weighted by Gasteiger charge is -2.19. The molecule has 2 unspecified atom stereocenters. The van der Waals surface area contributed by atoms with Crippen LogP contribution in [0.3, 0.4) is 0 Å². The molecule has 0 nitrogen and oxygen atoms in total. The summed E-state index contributed by atoms with van der Waals surface area (Å²) >= 11 is 0. The molecule has 0 heterocycles. The third-order valence-corrected chi connectivity index (χ3v) is 4.14. The first kappa shape index (κ1) is 14.3. The molecule has 2 atom stereocenters. The Balaban J connectivity index is 2.56. The van der Waals surface area contributed by atoms with Crippen LogP contribution in [0.15, 0.2) is 0 Å². The van der Waals surface area contributed by atoms with Crippen LogP contribution in [0.5, 0.6) is 0 Å². The van der Waals surface area contributed by atoms with Crippen LogP contribution in [-0.4, -0.2) is 0 Å². The minimum atomic E-state index is -2.09. The molecular formula is C14H15F5. The third-order valence-electron chi connectivity index (χ3n) is 4.14. The first-order valence-corrected chi connectivity index (χ1v) is 6.38. The molecule has 0 bridgehead atoms. The first-order chi connectivity index (χ1) is 8.86. The van der Waals surface area contributed by atoms with Gasteiger partial charge in [-0.1, -0.05) is 26.7 Å². The molecule has 5 heteroatoms. The zero-order chi connectivity index (χ0) is 14.4. The second-order valence-corrected chi connectivity index (χ2v) is 5.31. The summed E-state index contributed by atoms with van der Waals surface area (Å²) in [6.07, 6.45) is 2.42. The standard InChI is InChI=1S/C14H15F5/c1-3-4-5-14(6-7(14)2)8-9(15)11(17)13(19)12(18)10(8)16/h7H,3-6H2,1-2H3. The quantitative estimate of drug-likeness (QED) is 0.419. The van der Waals surface area contributed by atoms with Gasteiger partial charge in [-0.15, -0.1) is 0 Å². The molecule has 0 N–H and O–H groups in total. The Morgan fingerprint density at radius 3 is 1.74 bits per heavy atom. The minimum absolute atomic E-state index is 0.0627. The van der Waals surface area contributed by atoms with Crippen LogP contribution < -0.4 is 0 Å². The van der Waals surface area contributed by atoms with Gasteiger partial charge in [-0.25, -0.2) is 22.0 Å². The largest absolute Gasteiger partial charge is 0.203 e. The van der Waals surface area contributed by atoms with E-state index >= 15 is 0 Å². The van der Waals surface area contributed by atoms with Gasteiger partial charge in [0.25, 0.3) is 0 Å². The number of halogens is 5.